The summed E-state index contributed by atoms with van der Waals surface area (Å²) in [6.45, 7) is 3.57. The third-order valence-electron chi connectivity index (χ3n) is 6.82. The van der Waals surface area contributed by atoms with Gasteiger partial charge in [-0.2, -0.15) is 0 Å². The molecule has 0 atom stereocenters. The van der Waals surface area contributed by atoms with Crippen molar-refractivity contribution in [1.29, 1.82) is 0 Å². The lowest BCUT2D eigenvalue weighted by molar-refractivity contribution is -0.136. The Hall–Kier alpha value is -3.53. The van der Waals surface area contributed by atoms with Crippen LogP contribution in [0.4, 0.5) is 4.39 Å². The van der Waals surface area contributed by atoms with Crippen LogP contribution in [0.1, 0.15) is 41.7 Å². The monoisotopic (exact) mass is 495 g/mol. The first kappa shape index (κ1) is 24.2. The first-order valence-corrected chi connectivity index (χ1v) is 12.3. The quantitative estimate of drug-likeness (QED) is 0.497. The number of amides is 2. The van der Waals surface area contributed by atoms with Crippen molar-refractivity contribution < 1.29 is 23.5 Å². The van der Waals surface area contributed by atoms with Crippen LogP contribution in [0.3, 0.4) is 0 Å². The molecule has 1 saturated heterocycles. The van der Waals surface area contributed by atoms with Crippen molar-refractivity contribution in [3.63, 3.8) is 0 Å². The molecule has 0 spiro atoms. The molecule has 9 nitrogen and oxygen atoms in total. The number of hydrogen-bond acceptors (Lipinski definition) is 6. The summed E-state index contributed by atoms with van der Waals surface area (Å²) in [6, 6.07) is 4.35. The molecule has 2 N–H and O–H groups in total. The molecule has 2 amide bonds. The van der Waals surface area contributed by atoms with Gasteiger partial charge in [-0.3, -0.25) is 9.59 Å². The zero-order valence-electron chi connectivity index (χ0n) is 20.5. The summed E-state index contributed by atoms with van der Waals surface area (Å²) in [4.78, 5) is 39.2. The Labute approximate surface area is 208 Å². The first-order chi connectivity index (χ1) is 17.4. The summed E-state index contributed by atoms with van der Waals surface area (Å²) in [6.07, 6.45) is 4.99. The predicted octanol–water partition coefficient (Wildman–Crippen LogP) is 3.23. The molecule has 190 valence electrons. The van der Waals surface area contributed by atoms with Crippen LogP contribution < -0.4 is 10.1 Å². The number of fused-ring (bicyclic) bond motifs is 1. The molecule has 2 aliphatic rings. The molecule has 3 aromatic rings. The van der Waals surface area contributed by atoms with Gasteiger partial charge >= 0.3 is 0 Å². The normalized spacial score (nSPS) is 16.4. The number of aromatic nitrogens is 3. The van der Waals surface area contributed by atoms with E-state index in [1.54, 1.807) is 11.0 Å². The van der Waals surface area contributed by atoms with Crippen molar-refractivity contribution in [3.8, 4) is 17.0 Å². The number of nitrogens with zero attached hydrogens (tertiary/aromatic N) is 3. The zero-order valence-corrected chi connectivity index (χ0v) is 20.5. The number of ether oxygens (including phenoxy) is 2. The number of hydrogen-bond donors (Lipinski definition) is 2. The van der Waals surface area contributed by atoms with Crippen molar-refractivity contribution in [2.75, 3.05) is 33.4 Å². The standard InChI is InChI=1S/C26H30FN5O4/c1-15-22(26(34)31-18-7-9-32(10-8-18)21(33)13-35-2)24-25(30-15)23(28-14-29-24)19-6-5-17(27)11-20(19)36-12-16-3-4-16/h5-6,11,14,16,18,30H,3-4,7-10,12-13H2,1-2H3,(H,31,34). The highest BCUT2D eigenvalue weighted by atomic mass is 19.1. The Balaban J connectivity index is 1.37. The van der Waals surface area contributed by atoms with Crippen LogP contribution in [0, 0.1) is 18.7 Å². The highest BCUT2D eigenvalue weighted by molar-refractivity contribution is 6.09. The molecule has 1 aliphatic carbocycles. The molecule has 10 heteroatoms. The summed E-state index contributed by atoms with van der Waals surface area (Å²) in [5.41, 5.74) is 3.42. The second kappa shape index (κ2) is 10.2. The van der Waals surface area contributed by atoms with Crippen molar-refractivity contribution >= 4 is 22.8 Å². The molecule has 36 heavy (non-hydrogen) atoms. The maximum Gasteiger partial charge on any atom is 0.255 e. The molecule has 0 unspecified atom stereocenters. The van der Waals surface area contributed by atoms with Crippen LogP contribution in [-0.4, -0.2) is 71.1 Å². The summed E-state index contributed by atoms with van der Waals surface area (Å²) < 4.78 is 24.9. The van der Waals surface area contributed by atoms with Crippen molar-refractivity contribution in [2.45, 2.75) is 38.6 Å². The minimum atomic E-state index is -0.382. The Bertz CT molecular complexity index is 1280. The van der Waals surface area contributed by atoms with Crippen molar-refractivity contribution in [3.05, 3.63) is 41.6 Å². The SMILES string of the molecule is COCC(=O)N1CCC(NC(=O)c2c(C)[nH]c3c(-c4ccc(F)cc4OCC4CC4)ncnc23)CC1. The highest BCUT2D eigenvalue weighted by Gasteiger charge is 2.27. The number of H-pyrrole nitrogens is 1. The van der Waals surface area contributed by atoms with E-state index < -0.39 is 0 Å². The van der Waals surface area contributed by atoms with E-state index in [1.165, 1.54) is 25.6 Å². The summed E-state index contributed by atoms with van der Waals surface area (Å²) >= 11 is 0. The Morgan fingerprint density at radius 2 is 1.97 bits per heavy atom. The predicted molar refractivity (Wildman–Crippen MR) is 131 cm³/mol. The largest absolute Gasteiger partial charge is 0.492 e. The molecule has 5 rings (SSSR count). The lowest BCUT2D eigenvalue weighted by Crippen LogP contribution is -2.47. The maximum absolute atomic E-state index is 14.0. The number of carbonyl (C=O) groups excluding carboxylic acids is 2. The van der Waals surface area contributed by atoms with Crippen LogP contribution in [0.15, 0.2) is 24.5 Å². The van der Waals surface area contributed by atoms with Crippen molar-refractivity contribution in [1.82, 2.24) is 25.2 Å². The fourth-order valence-corrected chi connectivity index (χ4v) is 4.65. The topological polar surface area (TPSA) is 109 Å². The molecule has 1 aromatic carbocycles. The van der Waals surface area contributed by atoms with Crippen molar-refractivity contribution in [2.24, 2.45) is 5.92 Å². The molecular formula is C26H30FN5O4. The van der Waals surface area contributed by atoms with Crippen LogP contribution in [0.2, 0.25) is 0 Å². The fraction of sp³-hybridized carbons (Fsp3) is 0.462. The average molecular weight is 496 g/mol. The van der Waals surface area contributed by atoms with E-state index in [-0.39, 0.29) is 30.3 Å². The Morgan fingerprint density at radius 3 is 2.69 bits per heavy atom. The summed E-state index contributed by atoms with van der Waals surface area (Å²) in [7, 11) is 1.50. The number of methoxy groups -OCH3 is 1. The van der Waals surface area contributed by atoms with E-state index in [2.05, 4.69) is 20.3 Å². The van der Waals surface area contributed by atoms with Crippen LogP contribution >= 0.6 is 0 Å². The van der Waals surface area contributed by atoms with Gasteiger partial charge in [0.2, 0.25) is 5.91 Å². The maximum atomic E-state index is 14.0. The minimum absolute atomic E-state index is 0.0414. The number of carbonyl (C=O) groups is 2. The third-order valence-corrected chi connectivity index (χ3v) is 6.82. The van der Waals surface area contributed by atoms with E-state index in [1.807, 2.05) is 6.92 Å². The lowest BCUT2D eigenvalue weighted by atomic mass is 10.0. The fourth-order valence-electron chi connectivity index (χ4n) is 4.65. The summed E-state index contributed by atoms with van der Waals surface area (Å²) in [5, 5.41) is 3.10. The van der Waals surface area contributed by atoms with E-state index in [9.17, 15) is 14.0 Å². The molecule has 0 radical (unpaired) electrons. The molecular weight excluding hydrogens is 465 g/mol. The van der Waals surface area contributed by atoms with E-state index >= 15 is 0 Å². The van der Waals surface area contributed by atoms with E-state index in [0.29, 0.717) is 77.8 Å². The molecule has 1 aliphatic heterocycles. The molecule has 2 aromatic heterocycles. The molecule has 0 bridgehead atoms. The number of rotatable bonds is 8. The number of nitrogens with one attached hydrogen (secondary N) is 2. The number of benzene rings is 1. The minimum Gasteiger partial charge on any atom is -0.492 e. The van der Waals surface area contributed by atoms with Gasteiger partial charge in [-0.05, 0) is 50.7 Å². The van der Waals surface area contributed by atoms with Gasteiger partial charge in [0.1, 0.15) is 35.7 Å². The lowest BCUT2D eigenvalue weighted by Gasteiger charge is -2.32. The molecule has 1 saturated carbocycles. The van der Waals surface area contributed by atoms with Gasteiger partial charge in [0.25, 0.3) is 5.91 Å². The zero-order chi connectivity index (χ0) is 25.2. The highest BCUT2D eigenvalue weighted by Crippen LogP contribution is 2.36. The number of likely N-dealkylation sites (tertiary alicyclic amines) is 1. The molecule has 3 heterocycles. The van der Waals surface area contributed by atoms with Gasteiger partial charge in [-0.25, -0.2) is 14.4 Å². The van der Waals surface area contributed by atoms with Gasteiger partial charge in [-0.1, -0.05) is 0 Å². The number of piperidine rings is 1. The number of aryl methyl sites for hydroxylation is 1. The molecule has 2 fully saturated rings. The van der Waals surface area contributed by atoms with Crippen LogP contribution in [0.25, 0.3) is 22.3 Å². The van der Waals surface area contributed by atoms with Gasteiger partial charge in [-0.15, -0.1) is 0 Å². The smallest absolute Gasteiger partial charge is 0.255 e. The van der Waals surface area contributed by atoms with E-state index in [0.717, 1.165) is 12.8 Å². The Morgan fingerprint density at radius 1 is 1.19 bits per heavy atom. The number of aromatic amines is 1. The second-order valence-corrected chi connectivity index (χ2v) is 9.53. The van der Waals surface area contributed by atoms with Gasteiger partial charge in [0.15, 0.2) is 0 Å². The van der Waals surface area contributed by atoms with Crippen LogP contribution in [0.5, 0.6) is 5.75 Å². The van der Waals surface area contributed by atoms with E-state index in [4.69, 9.17) is 9.47 Å². The second-order valence-electron chi connectivity index (χ2n) is 9.53. The average Bonchev–Trinajstić information content (AvgIpc) is 3.63. The third kappa shape index (κ3) is 5.04. The number of halogens is 1. The first-order valence-electron chi connectivity index (χ1n) is 12.3. The Kier molecular flexibility index (Phi) is 6.86. The van der Waals surface area contributed by atoms with Gasteiger partial charge < -0.3 is 24.7 Å². The van der Waals surface area contributed by atoms with Gasteiger partial charge in [0.05, 0.1) is 17.7 Å². The van der Waals surface area contributed by atoms with Gasteiger partial charge in [0, 0.05) is 43.6 Å². The summed E-state index contributed by atoms with van der Waals surface area (Å²) in [5.74, 6) is 0.289. The van der Waals surface area contributed by atoms with Crippen LogP contribution in [-0.2, 0) is 9.53 Å².